The molecule has 1 amide bonds. The van der Waals surface area contributed by atoms with E-state index >= 15 is 0 Å². The summed E-state index contributed by atoms with van der Waals surface area (Å²) < 4.78 is 11.4. The molecule has 0 aliphatic heterocycles. The quantitative estimate of drug-likeness (QED) is 0.646. The van der Waals surface area contributed by atoms with E-state index in [0.717, 1.165) is 11.3 Å². The van der Waals surface area contributed by atoms with Gasteiger partial charge in [-0.1, -0.05) is 30.3 Å². The van der Waals surface area contributed by atoms with E-state index < -0.39 is 0 Å². The third kappa shape index (κ3) is 4.22. The highest BCUT2D eigenvalue weighted by Crippen LogP contribution is 2.30. The highest BCUT2D eigenvalue weighted by atomic mass is 16.5. The van der Waals surface area contributed by atoms with Crippen molar-refractivity contribution in [3.05, 3.63) is 83.9 Å². The Balaban J connectivity index is 1.78. The normalized spacial score (nSPS) is 10.2. The molecule has 3 aromatic carbocycles. The monoisotopic (exact) mass is 347 g/mol. The second-order valence-corrected chi connectivity index (χ2v) is 5.77. The van der Waals surface area contributed by atoms with Gasteiger partial charge in [0.2, 0.25) is 0 Å². The van der Waals surface area contributed by atoms with Crippen LogP contribution in [-0.2, 0) is 0 Å². The number of para-hydroxylation sites is 2. The maximum Gasteiger partial charge on any atom is 0.256 e. The van der Waals surface area contributed by atoms with Crippen LogP contribution in [0.2, 0.25) is 0 Å². The van der Waals surface area contributed by atoms with Crippen molar-refractivity contribution in [1.29, 1.82) is 0 Å². The molecule has 0 aliphatic carbocycles. The summed E-state index contributed by atoms with van der Waals surface area (Å²) in [7, 11) is 0. The summed E-state index contributed by atoms with van der Waals surface area (Å²) in [4.78, 5) is 12.6. The van der Waals surface area contributed by atoms with Crippen molar-refractivity contribution in [3.63, 3.8) is 0 Å². The number of carbonyl (C=O) groups is 1. The number of amides is 1. The van der Waals surface area contributed by atoms with E-state index in [1.807, 2.05) is 80.6 Å². The molecule has 0 spiro atoms. The molecule has 0 bridgehead atoms. The van der Waals surface area contributed by atoms with Crippen molar-refractivity contribution >= 4 is 11.6 Å². The molecule has 132 valence electrons. The van der Waals surface area contributed by atoms with E-state index in [2.05, 4.69) is 5.32 Å². The van der Waals surface area contributed by atoms with Gasteiger partial charge in [-0.2, -0.15) is 0 Å². The second kappa shape index (κ2) is 8.21. The molecule has 3 rings (SSSR count). The molecule has 0 atom stereocenters. The van der Waals surface area contributed by atoms with Gasteiger partial charge in [-0.3, -0.25) is 4.79 Å². The van der Waals surface area contributed by atoms with Gasteiger partial charge in [0, 0.05) is 5.56 Å². The van der Waals surface area contributed by atoms with Crippen LogP contribution < -0.4 is 14.8 Å². The van der Waals surface area contributed by atoms with Gasteiger partial charge < -0.3 is 14.8 Å². The van der Waals surface area contributed by atoms with Gasteiger partial charge >= 0.3 is 0 Å². The molecule has 1 N–H and O–H groups in total. The molecule has 0 fully saturated rings. The zero-order valence-electron chi connectivity index (χ0n) is 14.9. The van der Waals surface area contributed by atoms with E-state index in [0.29, 0.717) is 29.4 Å². The number of carbonyl (C=O) groups excluding carboxylic acids is 1. The van der Waals surface area contributed by atoms with E-state index in [9.17, 15) is 4.79 Å². The van der Waals surface area contributed by atoms with Gasteiger partial charge in [-0.25, -0.2) is 0 Å². The number of hydrogen-bond donors (Lipinski definition) is 1. The summed E-state index contributed by atoms with van der Waals surface area (Å²) in [5.41, 5.74) is 2.19. The first-order chi connectivity index (χ1) is 12.7. The Labute approximate surface area is 153 Å². The van der Waals surface area contributed by atoms with Crippen LogP contribution in [0.3, 0.4) is 0 Å². The van der Waals surface area contributed by atoms with Crippen LogP contribution in [0.1, 0.15) is 22.8 Å². The Morgan fingerprint density at radius 1 is 0.885 bits per heavy atom. The summed E-state index contributed by atoms with van der Waals surface area (Å²) in [6.45, 7) is 4.48. The maximum absolute atomic E-state index is 12.6. The number of aryl methyl sites for hydroxylation is 1. The molecule has 0 radical (unpaired) electrons. The van der Waals surface area contributed by atoms with Crippen LogP contribution in [0.4, 0.5) is 5.69 Å². The van der Waals surface area contributed by atoms with Crippen molar-refractivity contribution in [3.8, 4) is 17.2 Å². The Bertz CT molecular complexity index is 888. The van der Waals surface area contributed by atoms with E-state index in [-0.39, 0.29) is 5.91 Å². The smallest absolute Gasteiger partial charge is 0.256 e. The van der Waals surface area contributed by atoms with Crippen molar-refractivity contribution in [2.24, 2.45) is 0 Å². The molecular weight excluding hydrogens is 326 g/mol. The third-order valence-corrected chi connectivity index (χ3v) is 3.89. The lowest BCUT2D eigenvalue weighted by Crippen LogP contribution is -2.13. The first-order valence-corrected chi connectivity index (χ1v) is 8.54. The van der Waals surface area contributed by atoms with Gasteiger partial charge in [-0.05, 0) is 61.9 Å². The van der Waals surface area contributed by atoms with Crippen LogP contribution in [0, 0.1) is 6.92 Å². The van der Waals surface area contributed by atoms with Crippen LogP contribution in [0.25, 0.3) is 0 Å². The molecule has 0 heterocycles. The summed E-state index contributed by atoms with van der Waals surface area (Å²) >= 11 is 0. The Kier molecular flexibility index (Phi) is 5.54. The number of benzene rings is 3. The largest absolute Gasteiger partial charge is 0.494 e. The minimum absolute atomic E-state index is 0.161. The Morgan fingerprint density at radius 2 is 1.54 bits per heavy atom. The summed E-state index contributed by atoms with van der Waals surface area (Å²) in [6, 6.07) is 22.2. The zero-order chi connectivity index (χ0) is 18.4. The number of ether oxygens (including phenoxy) is 2. The average molecular weight is 347 g/mol. The number of hydrogen-bond acceptors (Lipinski definition) is 3. The summed E-state index contributed by atoms with van der Waals surface area (Å²) in [5, 5.41) is 2.93. The number of rotatable bonds is 6. The fourth-order valence-electron chi connectivity index (χ4n) is 2.57. The van der Waals surface area contributed by atoms with Gasteiger partial charge in [0.05, 0.1) is 12.3 Å². The second-order valence-electron chi connectivity index (χ2n) is 5.77. The Hall–Kier alpha value is -3.27. The van der Waals surface area contributed by atoms with Crippen LogP contribution >= 0.6 is 0 Å². The molecular formula is C22H21NO3. The molecule has 4 nitrogen and oxygen atoms in total. The number of anilines is 1. The van der Waals surface area contributed by atoms with Gasteiger partial charge in [0.1, 0.15) is 11.5 Å². The zero-order valence-corrected chi connectivity index (χ0v) is 14.9. The van der Waals surface area contributed by atoms with Crippen molar-refractivity contribution in [2.45, 2.75) is 13.8 Å². The predicted molar refractivity (Wildman–Crippen MR) is 103 cm³/mol. The maximum atomic E-state index is 12.6. The van der Waals surface area contributed by atoms with E-state index in [4.69, 9.17) is 9.47 Å². The third-order valence-electron chi connectivity index (χ3n) is 3.89. The predicted octanol–water partition coefficient (Wildman–Crippen LogP) is 5.44. The standard InChI is InChI=1S/C22H21NO3/c1-3-25-17-12-14-18(15-13-17)26-21-11-7-6-10-20(21)23-22(24)19-9-5-4-8-16(19)2/h4-15H,3H2,1-2H3,(H,23,24). The summed E-state index contributed by atoms with van der Waals surface area (Å²) in [5.74, 6) is 1.89. The van der Waals surface area contributed by atoms with Crippen LogP contribution in [0.5, 0.6) is 17.2 Å². The fraction of sp³-hybridized carbons (Fsp3) is 0.136. The first-order valence-electron chi connectivity index (χ1n) is 8.54. The molecule has 0 aromatic heterocycles. The lowest BCUT2D eigenvalue weighted by atomic mass is 10.1. The number of nitrogens with one attached hydrogen (secondary N) is 1. The molecule has 4 heteroatoms. The molecule has 0 saturated carbocycles. The fourth-order valence-corrected chi connectivity index (χ4v) is 2.57. The van der Waals surface area contributed by atoms with Crippen LogP contribution in [0.15, 0.2) is 72.8 Å². The lowest BCUT2D eigenvalue weighted by Gasteiger charge is -2.13. The minimum atomic E-state index is -0.161. The minimum Gasteiger partial charge on any atom is -0.494 e. The van der Waals surface area contributed by atoms with Crippen LogP contribution in [-0.4, -0.2) is 12.5 Å². The lowest BCUT2D eigenvalue weighted by molar-refractivity contribution is 0.102. The topological polar surface area (TPSA) is 47.6 Å². The molecule has 26 heavy (non-hydrogen) atoms. The van der Waals surface area contributed by atoms with Crippen molar-refractivity contribution in [1.82, 2.24) is 0 Å². The van der Waals surface area contributed by atoms with Gasteiger partial charge in [0.15, 0.2) is 5.75 Å². The summed E-state index contributed by atoms with van der Waals surface area (Å²) in [6.07, 6.45) is 0. The SMILES string of the molecule is CCOc1ccc(Oc2ccccc2NC(=O)c2ccccc2C)cc1. The van der Waals surface area contributed by atoms with Crippen molar-refractivity contribution in [2.75, 3.05) is 11.9 Å². The van der Waals surface area contributed by atoms with Gasteiger partial charge in [0.25, 0.3) is 5.91 Å². The average Bonchev–Trinajstić information content (AvgIpc) is 2.65. The highest BCUT2D eigenvalue weighted by Gasteiger charge is 2.12. The van der Waals surface area contributed by atoms with Crippen molar-refractivity contribution < 1.29 is 14.3 Å². The first kappa shape index (κ1) is 17.5. The highest BCUT2D eigenvalue weighted by molar-refractivity contribution is 6.06. The molecule has 0 saturated heterocycles. The molecule has 0 unspecified atom stereocenters. The van der Waals surface area contributed by atoms with E-state index in [1.54, 1.807) is 6.07 Å². The van der Waals surface area contributed by atoms with E-state index in [1.165, 1.54) is 0 Å². The molecule has 3 aromatic rings. The molecule has 0 aliphatic rings. The Morgan fingerprint density at radius 3 is 2.27 bits per heavy atom. The van der Waals surface area contributed by atoms with Gasteiger partial charge in [-0.15, -0.1) is 0 Å².